The highest BCUT2D eigenvalue weighted by atomic mass is 16.4. The molecule has 2 fully saturated rings. The van der Waals surface area contributed by atoms with E-state index in [4.69, 9.17) is 4.42 Å². The Hall–Kier alpha value is -2.04. The molecule has 116 valence electrons. The summed E-state index contributed by atoms with van der Waals surface area (Å²) < 4.78 is 5.95. The molecule has 0 amide bonds. The zero-order chi connectivity index (χ0) is 15.5. The third-order valence-corrected chi connectivity index (χ3v) is 5.38. The van der Waals surface area contributed by atoms with Crippen molar-refractivity contribution >= 4 is 23.1 Å². The van der Waals surface area contributed by atoms with E-state index in [1.165, 1.54) is 0 Å². The molecule has 1 aliphatic heterocycles. The number of fused-ring (bicyclic) bond motifs is 2. The van der Waals surface area contributed by atoms with Crippen molar-refractivity contribution in [2.45, 2.75) is 33.1 Å². The van der Waals surface area contributed by atoms with Crippen molar-refractivity contribution in [2.75, 3.05) is 18.0 Å². The van der Waals surface area contributed by atoms with Gasteiger partial charge in [-0.15, -0.1) is 0 Å². The van der Waals surface area contributed by atoms with Gasteiger partial charge in [-0.05, 0) is 49.8 Å². The Balaban J connectivity index is 1.72. The van der Waals surface area contributed by atoms with Crippen LogP contribution in [0.25, 0.3) is 11.1 Å². The van der Waals surface area contributed by atoms with Crippen LogP contribution in [-0.2, 0) is 4.79 Å². The van der Waals surface area contributed by atoms with Gasteiger partial charge < -0.3 is 14.4 Å². The molecule has 0 bridgehead atoms. The van der Waals surface area contributed by atoms with Crippen molar-refractivity contribution < 1.29 is 14.3 Å². The fourth-order valence-corrected chi connectivity index (χ4v) is 4.28. The predicted molar refractivity (Wildman–Crippen MR) is 83.1 cm³/mol. The van der Waals surface area contributed by atoms with Crippen LogP contribution in [0.5, 0.6) is 0 Å². The van der Waals surface area contributed by atoms with Crippen LogP contribution in [0.2, 0.25) is 0 Å². The Labute approximate surface area is 128 Å². The number of oxazole rings is 1. The topological polar surface area (TPSA) is 66.6 Å². The number of hydrogen-bond donors (Lipinski definition) is 1. The first kappa shape index (κ1) is 13.6. The molecule has 5 nitrogen and oxygen atoms in total. The molecular formula is C17H20N2O3. The minimum absolute atomic E-state index is 0.211. The molecule has 1 saturated carbocycles. The molecule has 0 radical (unpaired) electrons. The van der Waals surface area contributed by atoms with E-state index < -0.39 is 11.4 Å². The lowest BCUT2D eigenvalue weighted by atomic mass is 9.81. The number of anilines is 1. The average molecular weight is 300 g/mol. The normalized spacial score (nSPS) is 27.5. The predicted octanol–water partition coefficient (Wildman–Crippen LogP) is 3.14. The minimum atomic E-state index is -0.666. The summed E-state index contributed by atoms with van der Waals surface area (Å²) in [6.07, 6.45) is 2.76. The van der Waals surface area contributed by atoms with Gasteiger partial charge in [-0.3, -0.25) is 4.79 Å². The number of aromatic nitrogens is 1. The van der Waals surface area contributed by atoms with E-state index in [0.717, 1.165) is 48.0 Å². The van der Waals surface area contributed by atoms with Gasteiger partial charge in [-0.25, -0.2) is 0 Å². The summed E-state index contributed by atoms with van der Waals surface area (Å²) in [6.45, 7) is 5.30. The van der Waals surface area contributed by atoms with E-state index >= 15 is 0 Å². The molecule has 2 aromatic rings. The van der Waals surface area contributed by atoms with Crippen molar-refractivity contribution in [1.29, 1.82) is 0 Å². The van der Waals surface area contributed by atoms with Crippen LogP contribution in [0.3, 0.4) is 0 Å². The second-order valence-corrected chi connectivity index (χ2v) is 6.86. The van der Waals surface area contributed by atoms with E-state index in [9.17, 15) is 9.90 Å². The summed E-state index contributed by atoms with van der Waals surface area (Å²) >= 11 is 0. The number of carbonyl (C=O) groups is 1. The van der Waals surface area contributed by atoms with Gasteiger partial charge in [0.1, 0.15) is 5.52 Å². The lowest BCUT2D eigenvalue weighted by Gasteiger charge is -2.22. The number of nitrogens with zero attached hydrogens (tertiary/aromatic N) is 2. The quantitative estimate of drug-likeness (QED) is 0.923. The van der Waals surface area contributed by atoms with E-state index in [1.807, 2.05) is 24.8 Å². The van der Waals surface area contributed by atoms with Crippen LogP contribution in [0.4, 0.5) is 6.01 Å². The Morgan fingerprint density at radius 1 is 1.45 bits per heavy atom. The Morgan fingerprint density at radius 3 is 3.00 bits per heavy atom. The van der Waals surface area contributed by atoms with Crippen LogP contribution in [0.1, 0.15) is 30.4 Å². The van der Waals surface area contributed by atoms with Crippen molar-refractivity contribution in [3.63, 3.8) is 0 Å². The molecule has 2 atom stereocenters. The lowest BCUT2D eigenvalue weighted by molar-refractivity contribution is -0.149. The SMILES string of the molecule is Cc1cc(C)c2oc(N3C[C@@H]4CCC[C@@]4(C(=O)O)C3)nc2c1. The third kappa shape index (κ3) is 1.77. The molecule has 0 spiro atoms. The van der Waals surface area contributed by atoms with Crippen LogP contribution in [0.15, 0.2) is 16.5 Å². The van der Waals surface area contributed by atoms with Gasteiger partial charge in [0.25, 0.3) is 6.01 Å². The van der Waals surface area contributed by atoms with Crippen molar-refractivity contribution in [3.8, 4) is 0 Å². The van der Waals surface area contributed by atoms with Crippen LogP contribution < -0.4 is 4.90 Å². The highest BCUT2D eigenvalue weighted by Crippen LogP contribution is 2.50. The Bertz CT molecular complexity index is 767. The van der Waals surface area contributed by atoms with Gasteiger partial charge in [-0.1, -0.05) is 12.5 Å². The van der Waals surface area contributed by atoms with E-state index in [2.05, 4.69) is 11.1 Å². The van der Waals surface area contributed by atoms with Crippen LogP contribution >= 0.6 is 0 Å². The summed E-state index contributed by atoms with van der Waals surface area (Å²) in [6, 6.07) is 4.66. The molecule has 1 saturated heterocycles. The maximum atomic E-state index is 11.8. The standard InChI is InChI=1S/C17H20N2O3/c1-10-6-11(2)14-13(7-10)18-16(22-14)19-8-12-4-3-5-17(12,9-19)15(20)21/h6-7,12H,3-5,8-9H2,1-2H3,(H,20,21)/t12-,17+/m0/s1. The van der Waals surface area contributed by atoms with Gasteiger partial charge in [0.2, 0.25) is 0 Å². The maximum absolute atomic E-state index is 11.8. The Morgan fingerprint density at radius 2 is 2.27 bits per heavy atom. The number of aliphatic carboxylic acids is 1. The number of carboxylic acid groups (broad SMARTS) is 1. The third-order valence-electron chi connectivity index (χ3n) is 5.38. The van der Waals surface area contributed by atoms with Gasteiger partial charge >= 0.3 is 5.97 Å². The first-order chi connectivity index (χ1) is 10.5. The van der Waals surface area contributed by atoms with Crippen molar-refractivity contribution in [1.82, 2.24) is 4.98 Å². The summed E-state index contributed by atoms with van der Waals surface area (Å²) in [5.41, 5.74) is 3.29. The lowest BCUT2D eigenvalue weighted by Crippen LogP contribution is -2.35. The van der Waals surface area contributed by atoms with E-state index in [1.54, 1.807) is 0 Å². The molecule has 1 aromatic heterocycles. The second kappa shape index (κ2) is 4.48. The van der Waals surface area contributed by atoms with E-state index in [-0.39, 0.29) is 5.92 Å². The molecular weight excluding hydrogens is 280 g/mol. The molecule has 22 heavy (non-hydrogen) atoms. The molecule has 1 aliphatic carbocycles. The highest BCUT2D eigenvalue weighted by Gasteiger charge is 2.55. The van der Waals surface area contributed by atoms with Crippen LogP contribution in [-0.4, -0.2) is 29.1 Å². The molecule has 0 unspecified atom stereocenters. The molecule has 5 heteroatoms. The molecule has 2 heterocycles. The summed E-state index contributed by atoms with van der Waals surface area (Å²) in [5, 5.41) is 9.68. The van der Waals surface area contributed by atoms with E-state index in [0.29, 0.717) is 12.6 Å². The minimum Gasteiger partial charge on any atom is -0.481 e. The number of hydrogen-bond acceptors (Lipinski definition) is 4. The second-order valence-electron chi connectivity index (χ2n) is 6.86. The number of aryl methyl sites for hydroxylation is 2. The molecule has 4 rings (SSSR count). The Kier molecular flexibility index (Phi) is 2.77. The largest absolute Gasteiger partial charge is 0.481 e. The van der Waals surface area contributed by atoms with Gasteiger partial charge in [0.05, 0.1) is 5.41 Å². The summed E-state index contributed by atoms with van der Waals surface area (Å²) in [7, 11) is 0. The van der Waals surface area contributed by atoms with Gasteiger partial charge in [-0.2, -0.15) is 4.98 Å². The zero-order valence-corrected chi connectivity index (χ0v) is 12.9. The molecule has 2 aliphatic rings. The summed E-state index contributed by atoms with van der Waals surface area (Å²) in [5.74, 6) is -0.455. The van der Waals surface area contributed by atoms with Gasteiger partial charge in [0, 0.05) is 13.1 Å². The monoisotopic (exact) mass is 300 g/mol. The summed E-state index contributed by atoms with van der Waals surface area (Å²) in [4.78, 5) is 18.4. The molecule has 1 N–H and O–H groups in total. The van der Waals surface area contributed by atoms with Crippen LogP contribution in [0, 0.1) is 25.2 Å². The first-order valence-corrected chi connectivity index (χ1v) is 7.86. The number of benzene rings is 1. The number of carboxylic acids is 1. The first-order valence-electron chi connectivity index (χ1n) is 7.86. The maximum Gasteiger partial charge on any atom is 0.311 e. The average Bonchev–Trinajstić information content (AvgIpc) is 3.07. The fraction of sp³-hybridized carbons (Fsp3) is 0.529. The van der Waals surface area contributed by atoms with Gasteiger partial charge in [0.15, 0.2) is 5.58 Å². The van der Waals surface area contributed by atoms with Crippen molar-refractivity contribution in [2.24, 2.45) is 11.3 Å². The fourth-order valence-electron chi connectivity index (χ4n) is 4.28. The number of rotatable bonds is 2. The highest BCUT2D eigenvalue weighted by molar-refractivity contribution is 5.80. The molecule has 1 aromatic carbocycles. The van der Waals surface area contributed by atoms with Crippen molar-refractivity contribution in [3.05, 3.63) is 23.3 Å². The zero-order valence-electron chi connectivity index (χ0n) is 12.9. The smallest absolute Gasteiger partial charge is 0.311 e.